The molecule has 2 nitrogen and oxygen atoms in total. The number of aliphatic carboxylic acids is 1. The number of hydrogen-bond donors (Lipinski definition) is 1. The molecule has 2 aromatic carbocycles. The number of carbonyl (C=O) groups is 1. The van der Waals surface area contributed by atoms with Crippen molar-refractivity contribution in [3.63, 3.8) is 0 Å². The van der Waals surface area contributed by atoms with Crippen LogP contribution >= 0.6 is 0 Å². The summed E-state index contributed by atoms with van der Waals surface area (Å²) >= 11 is 0. The van der Waals surface area contributed by atoms with Crippen LogP contribution in [0.4, 0.5) is 0 Å². The summed E-state index contributed by atoms with van der Waals surface area (Å²) in [7, 11) is 0. The molecule has 86 valence electrons. The molecule has 2 rings (SSSR count). The van der Waals surface area contributed by atoms with Gasteiger partial charge in [0, 0.05) is 5.92 Å². The molecule has 0 aromatic heterocycles. The van der Waals surface area contributed by atoms with E-state index in [9.17, 15) is 4.79 Å². The average molecular weight is 258 g/mol. The predicted molar refractivity (Wildman–Crippen MR) is 60.1 cm³/mol. The topological polar surface area (TPSA) is 37.3 Å². The quantitative estimate of drug-likeness (QED) is 0.664. The Balaban J connectivity index is 0.000000318. The Kier molecular flexibility index (Phi) is 7.27. The molecule has 3 heteroatoms. The molecule has 1 unspecified atom stereocenters. The van der Waals surface area contributed by atoms with Gasteiger partial charge in [0.2, 0.25) is 0 Å². The Bertz CT molecular complexity index is 345. The summed E-state index contributed by atoms with van der Waals surface area (Å²) in [5, 5.41) is 8.55. The Morgan fingerprint density at radius 3 is 2.00 bits per heavy atom. The van der Waals surface area contributed by atoms with Gasteiger partial charge in [0.05, 0.1) is 0 Å². The van der Waals surface area contributed by atoms with E-state index in [0.29, 0.717) is 0 Å². The molecule has 0 saturated heterocycles. The molecule has 1 atom stereocenters. The summed E-state index contributed by atoms with van der Waals surface area (Å²) in [6.07, 6.45) is 0. The van der Waals surface area contributed by atoms with Crippen LogP contribution in [0.15, 0.2) is 54.6 Å². The van der Waals surface area contributed by atoms with Crippen LogP contribution in [0.3, 0.4) is 0 Å². The van der Waals surface area contributed by atoms with Crippen LogP contribution in [0.25, 0.3) is 0 Å². The largest absolute Gasteiger partial charge is 2.00 e. The van der Waals surface area contributed by atoms with Crippen LogP contribution in [0.1, 0.15) is 18.4 Å². The zero-order valence-corrected chi connectivity index (χ0v) is 10.1. The molecule has 0 spiro atoms. The number of carboxylic acids is 1. The van der Waals surface area contributed by atoms with Gasteiger partial charge in [-0.1, -0.05) is 6.92 Å². The maximum Gasteiger partial charge on any atom is 2.00 e. The van der Waals surface area contributed by atoms with Crippen molar-refractivity contribution in [1.29, 1.82) is 0 Å². The van der Waals surface area contributed by atoms with Gasteiger partial charge in [-0.3, -0.25) is 4.79 Å². The zero-order chi connectivity index (χ0) is 11.1. The summed E-state index contributed by atoms with van der Waals surface area (Å²) in [4.78, 5) is 10.4. The normalized spacial score (nSPS) is 10.6. The van der Waals surface area contributed by atoms with Crippen LogP contribution in [0.5, 0.6) is 0 Å². The van der Waals surface area contributed by atoms with Gasteiger partial charge in [-0.05, 0) is 0 Å². The molecule has 0 heterocycles. The van der Waals surface area contributed by atoms with E-state index in [0.717, 1.165) is 5.56 Å². The van der Waals surface area contributed by atoms with Crippen molar-refractivity contribution in [3.05, 3.63) is 60.2 Å². The average Bonchev–Trinajstić information content (AvgIpc) is 2.92. The number of carboxylic acid groups (broad SMARTS) is 1. The van der Waals surface area contributed by atoms with Gasteiger partial charge in [-0.2, -0.15) is 30.3 Å². The van der Waals surface area contributed by atoms with E-state index in [1.807, 2.05) is 54.6 Å². The second-order valence-electron chi connectivity index (χ2n) is 3.24. The minimum atomic E-state index is -0.772. The van der Waals surface area contributed by atoms with E-state index < -0.39 is 5.97 Å². The third-order valence-electron chi connectivity index (χ3n) is 2.11. The van der Waals surface area contributed by atoms with E-state index in [1.54, 1.807) is 6.92 Å². The van der Waals surface area contributed by atoms with E-state index in [-0.39, 0.29) is 23.0 Å². The van der Waals surface area contributed by atoms with Crippen LogP contribution in [-0.4, -0.2) is 11.1 Å². The molecule has 0 aliphatic carbocycles. The van der Waals surface area contributed by atoms with Crippen molar-refractivity contribution in [1.82, 2.24) is 0 Å². The summed E-state index contributed by atoms with van der Waals surface area (Å²) in [6, 6.07) is 17.3. The molecule has 0 saturated carbocycles. The van der Waals surface area contributed by atoms with Crippen molar-refractivity contribution in [2.75, 3.05) is 0 Å². The Hall–Kier alpha value is -1.31. The predicted octanol–water partition coefficient (Wildman–Crippen LogP) is 3.00. The first-order valence-corrected chi connectivity index (χ1v) is 4.83. The van der Waals surface area contributed by atoms with Gasteiger partial charge >= 0.3 is 17.1 Å². The van der Waals surface area contributed by atoms with Crippen molar-refractivity contribution >= 4 is 5.97 Å². The van der Waals surface area contributed by atoms with Crippen molar-refractivity contribution in [2.24, 2.45) is 0 Å². The maximum atomic E-state index is 10.4. The van der Waals surface area contributed by atoms with Crippen molar-refractivity contribution in [3.8, 4) is 0 Å². The fraction of sp³-hybridized carbons (Fsp3) is 0.154. The molecular weight excluding hydrogens is 244 g/mol. The molecule has 0 aliphatic rings. The Labute approximate surface area is 106 Å². The first-order chi connectivity index (χ1) is 7.22. The van der Waals surface area contributed by atoms with E-state index >= 15 is 0 Å². The fourth-order valence-corrected chi connectivity index (χ4v) is 1.14. The van der Waals surface area contributed by atoms with Gasteiger partial charge in [0.1, 0.15) is 0 Å². The second kappa shape index (κ2) is 7.91. The SMILES string of the molecule is CC(C(=O)O)[c-]1cccc1.[Fe+2].c1cc[cH-]c1. The standard InChI is InChI=1S/C8H9O2.C5H5.Fe/c1-6(8(9)10)7-4-2-3-5-7;1-2-4-5-3-1;/h2-6H,1H3,(H,9,10);1-5H;/q2*-1;+2. The van der Waals surface area contributed by atoms with Crippen molar-refractivity contribution in [2.45, 2.75) is 12.8 Å². The summed E-state index contributed by atoms with van der Waals surface area (Å²) in [5.74, 6) is -1.15. The van der Waals surface area contributed by atoms with Gasteiger partial charge in [0.15, 0.2) is 0 Å². The summed E-state index contributed by atoms with van der Waals surface area (Å²) in [5.41, 5.74) is 0.868. The van der Waals surface area contributed by atoms with Crippen molar-refractivity contribution < 1.29 is 27.0 Å². The maximum absolute atomic E-state index is 10.4. The molecule has 0 amide bonds. The summed E-state index contributed by atoms with van der Waals surface area (Å²) < 4.78 is 0. The van der Waals surface area contributed by atoms with Gasteiger partial charge in [-0.25, -0.2) is 24.3 Å². The van der Waals surface area contributed by atoms with Gasteiger partial charge < -0.3 is 5.11 Å². The first kappa shape index (κ1) is 14.7. The fourth-order valence-electron chi connectivity index (χ4n) is 1.14. The Morgan fingerprint density at radius 1 is 1.19 bits per heavy atom. The van der Waals surface area contributed by atoms with Crippen LogP contribution < -0.4 is 0 Å². The first-order valence-electron chi connectivity index (χ1n) is 4.83. The molecule has 2 aromatic rings. The number of hydrogen-bond acceptors (Lipinski definition) is 1. The Morgan fingerprint density at radius 2 is 1.69 bits per heavy atom. The van der Waals surface area contributed by atoms with Crippen LogP contribution in [0, 0.1) is 0 Å². The van der Waals surface area contributed by atoms with Gasteiger partial charge in [-0.15, -0.1) is 5.56 Å². The molecule has 0 radical (unpaired) electrons. The molecule has 0 aliphatic heterocycles. The molecule has 0 fully saturated rings. The van der Waals surface area contributed by atoms with Crippen LogP contribution in [-0.2, 0) is 21.9 Å². The smallest absolute Gasteiger partial charge is 0.482 e. The van der Waals surface area contributed by atoms with Gasteiger partial charge in [0.25, 0.3) is 5.97 Å². The molecule has 1 N–H and O–H groups in total. The molecular formula is C13H14FeO2. The minimum Gasteiger partial charge on any atom is -0.482 e. The monoisotopic (exact) mass is 258 g/mol. The second-order valence-corrected chi connectivity index (χ2v) is 3.24. The van der Waals surface area contributed by atoms with Crippen LogP contribution in [0.2, 0.25) is 0 Å². The van der Waals surface area contributed by atoms with E-state index in [2.05, 4.69) is 0 Å². The minimum absolute atomic E-state index is 0. The molecule has 0 bridgehead atoms. The van der Waals surface area contributed by atoms with E-state index in [1.165, 1.54) is 0 Å². The van der Waals surface area contributed by atoms with E-state index in [4.69, 9.17) is 5.11 Å². The summed E-state index contributed by atoms with van der Waals surface area (Å²) in [6.45, 7) is 1.68. The third-order valence-corrected chi connectivity index (χ3v) is 2.11. The molecule has 16 heavy (non-hydrogen) atoms. The number of rotatable bonds is 2. The third kappa shape index (κ3) is 4.96. The zero-order valence-electron chi connectivity index (χ0n) is 8.98.